The number of hydrogen-bond acceptors (Lipinski definition) is 2. The first-order valence-electron chi connectivity index (χ1n) is 7.24. The molecule has 0 saturated heterocycles. The lowest BCUT2D eigenvalue weighted by Crippen LogP contribution is -2.40. The lowest BCUT2D eigenvalue weighted by molar-refractivity contribution is 0.140. The highest BCUT2D eigenvalue weighted by atomic mass is 32.1. The summed E-state index contributed by atoms with van der Waals surface area (Å²) in [6.45, 7) is 2.27. The fourth-order valence-electron chi connectivity index (χ4n) is 3.50. The Morgan fingerprint density at radius 2 is 2.15 bits per heavy atom. The van der Waals surface area contributed by atoms with Gasteiger partial charge in [-0.2, -0.15) is 0 Å². The molecule has 3 nitrogen and oxygen atoms in total. The van der Waals surface area contributed by atoms with Gasteiger partial charge in [0.2, 0.25) is 0 Å². The molecular weight excluding hydrogens is 266 g/mol. The Hall–Kier alpha value is -1.68. The number of benzene rings is 1. The highest BCUT2D eigenvalue weighted by Gasteiger charge is 2.38. The molecular formula is C16H17N3S. The van der Waals surface area contributed by atoms with Crippen LogP contribution in [-0.2, 0) is 5.54 Å². The summed E-state index contributed by atoms with van der Waals surface area (Å²) in [6, 6.07) is 8.31. The number of aromatic nitrogens is 3. The van der Waals surface area contributed by atoms with Crippen LogP contribution in [0.25, 0.3) is 21.9 Å². The normalized spacial score (nSPS) is 17.4. The van der Waals surface area contributed by atoms with E-state index in [1.807, 2.05) is 12.3 Å². The highest BCUT2D eigenvalue weighted by molar-refractivity contribution is 7.71. The molecule has 1 saturated carbocycles. The standard InChI is InChI=1S/C16H17N3S/c1-2-16(8-5-9-16)19-14-11-6-3-4-7-12(11)17-10-13(14)18-15(19)20/h3-4,6-7,10H,2,5,8-9H2,1H3,(H,18,20). The molecule has 1 aliphatic rings. The van der Waals surface area contributed by atoms with Gasteiger partial charge in [0.05, 0.1) is 22.7 Å². The van der Waals surface area contributed by atoms with Gasteiger partial charge < -0.3 is 9.55 Å². The molecule has 0 radical (unpaired) electrons. The maximum absolute atomic E-state index is 5.61. The summed E-state index contributed by atoms with van der Waals surface area (Å²) >= 11 is 5.61. The molecule has 2 heterocycles. The van der Waals surface area contributed by atoms with Crippen molar-refractivity contribution in [3.05, 3.63) is 35.2 Å². The summed E-state index contributed by atoms with van der Waals surface area (Å²) in [5.41, 5.74) is 3.52. The van der Waals surface area contributed by atoms with Crippen LogP contribution >= 0.6 is 12.2 Å². The minimum absolute atomic E-state index is 0.208. The van der Waals surface area contributed by atoms with E-state index in [1.54, 1.807) is 0 Å². The van der Waals surface area contributed by atoms with Crippen LogP contribution in [0.2, 0.25) is 0 Å². The zero-order valence-electron chi connectivity index (χ0n) is 11.5. The van der Waals surface area contributed by atoms with Gasteiger partial charge >= 0.3 is 0 Å². The fraction of sp³-hybridized carbons (Fsp3) is 0.375. The molecule has 0 spiro atoms. The second kappa shape index (κ2) is 4.16. The molecule has 3 aromatic rings. The highest BCUT2D eigenvalue weighted by Crippen LogP contribution is 2.44. The topological polar surface area (TPSA) is 33.6 Å². The minimum Gasteiger partial charge on any atom is -0.329 e. The van der Waals surface area contributed by atoms with Gasteiger partial charge in [-0.25, -0.2) is 0 Å². The molecule has 0 aliphatic heterocycles. The number of rotatable bonds is 2. The molecule has 4 rings (SSSR count). The molecule has 0 unspecified atom stereocenters. The van der Waals surface area contributed by atoms with Crippen molar-refractivity contribution >= 4 is 34.2 Å². The van der Waals surface area contributed by atoms with Crippen LogP contribution in [0.1, 0.15) is 32.6 Å². The van der Waals surface area contributed by atoms with Gasteiger partial charge in [0.15, 0.2) is 4.77 Å². The van der Waals surface area contributed by atoms with E-state index in [2.05, 4.69) is 39.7 Å². The second-order valence-electron chi connectivity index (χ2n) is 5.73. The molecule has 102 valence electrons. The second-order valence-corrected chi connectivity index (χ2v) is 6.12. The van der Waals surface area contributed by atoms with Gasteiger partial charge in [-0.1, -0.05) is 25.1 Å². The summed E-state index contributed by atoms with van der Waals surface area (Å²) in [5.74, 6) is 0. The van der Waals surface area contributed by atoms with Crippen LogP contribution in [0.4, 0.5) is 0 Å². The van der Waals surface area contributed by atoms with E-state index in [0.717, 1.165) is 22.2 Å². The van der Waals surface area contributed by atoms with E-state index < -0.39 is 0 Å². The van der Waals surface area contributed by atoms with Gasteiger partial charge in [-0.3, -0.25) is 4.98 Å². The summed E-state index contributed by atoms with van der Waals surface area (Å²) in [5, 5.41) is 1.19. The molecule has 0 atom stereocenters. The van der Waals surface area contributed by atoms with Crippen molar-refractivity contribution in [2.24, 2.45) is 0 Å². The number of hydrogen-bond donors (Lipinski definition) is 1. The van der Waals surface area contributed by atoms with Crippen LogP contribution < -0.4 is 0 Å². The van der Waals surface area contributed by atoms with Crippen molar-refractivity contribution in [3.8, 4) is 0 Å². The van der Waals surface area contributed by atoms with Crippen molar-refractivity contribution in [1.82, 2.24) is 14.5 Å². The van der Waals surface area contributed by atoms with Crippen LogP contribution in [0.15, 0.2) is 30.5 Å². The van der Waals surface area contributed by atoms with E-state index in [4.69, 9.17) is 12.2 Å². The van der Waals surface area contributed by atoms with Crippen molar-refractivity contribution in [2.45, 2.75) is 38.1 Å². The van der Waals surface area contributed by atoms with E-state index in [0.29, 0.717) is 0 Å². The number of nitrogens with one attached hydrogen (secondary N) is 1. The number of aromatic amines is 1. The predicted octanol–water partition coefficient (Wildman–Crippen LogP) is 4.54. The Kier molecular flexibility index (Phi) is 2.51. The van der Waals surface area contributed by atoms with E-state index in [9.17, 15) is 0 Å². The number of H-pyrrole nitrogens is 1. The molecule has 4 heteroatoms. The molecule has 2 aromatic heterocycles. The maximum Gasteiger partial charge on any atom is 0.178 e. The Labute approximate surface area is 122 Å². The number of imidazole rings is 1. The van der Waals surface area contributed by atoms with Crippen molar-refractivity contribution in [1.29, 1.82) is 0 Å². The quantitative estimate of drug-likeness (QED) is 0.701. The monoisotopic (exact) mass is 283 g/mol. The zero-order valence-corrected chi connectivity index (χ0v) is 12.3. The molecule has 1 aromatic carbocycles. The first-order chi connectivity index (χ1) is 9.75. The summed E-state index contributed by atoms with van der Waals surface area (Å²) in [6.07, 6.45) is 6.78. The average molecular weight is 283 g/mol. The zero-order chi connectivity index (χ0) is 13.7. The van der Waals surface area contributed by atoms with Crippen molar-refractivity contribution in [2.75, 3.05) is 0 Å². The Balaban J connectivity index is 2.17. The van der Waals surface area contributed by atoms with Gasteiger partial charge in [-0.05, 0) is 44.0 Å². The van der Waals surface area contributed by atoms with Gasteiger partial charge in [-0.15, -0.1) is 0 Å². The fourth-order valence-corrected chi connectivity index (χ4v) is 3.90. The largest absolute Gasteiger partial charge is 0.329 e. The predicted molar refractivity (Wildman–Crippen MR) is 84.5 cm³/mol. The van der Waals surface area contributed by atoms with Gasteiger partial charge in [0.25, 0.3) is 0 Å². The van der Waals surface area contributed by atoms with Crippen LogP contribution in [0, 0.1) is 4.77 Å². The number of para-hydroxylation sites is 1. The first-order valence-corrected chi connectivity index (χ1v) is 7.65. The molecule has 0 bridgehead atoms. The number of pyridine rings is 1. The Morgan fingerprint density at radius 3 is 2.85 bits per heavy atom. The first kappa shape index (κ1) is 12.1. The molecule has 1 fully saturated rings. The van der Waals surface area contributed by atoms with E-state index >= 15 is 0 Å². The van der Waals surface area contributed by atoms with Crippen LogP contribution in [0.3, 0.4) is 0 Å². The van der Waals surface area contributed by atoms with Crippen LogP contribution in [-0.4, -0.2) is 14.5 Å². The lowest BCUT2D eigenvalue weighted by Gasteiger charge is -2.43. The lowest BCUT2D eigenvalue weighted by atomic mass is 9.74. The summed E-state index contributed by atoms with van der Waals surface area (Å²) in [7, 11) is 0. The van der Waals surface area contributed by atoms with E-state index in [1.165, 1.54) is 30.2 Å². The summed E-state index contributed by atoms with van der Waals surface area (Å²) in [4.78, 5) is 7.87. The van der Waals surface area contributed by atoms with E-state index in [-0.39, 0.29) is 5.54 Å². The Morgan fingerprint density at radius 1 is 1.35 bits per heavy atom. The van der Waals surface area contributed by atoms with Gasteiger partial charge in [0.1, 0.15) is 0 Å². The number of fused-ring (bicyclic) bond motifs is 3. The molecule has 1 aliphatic carbocycles. The molecule has 0 amide bonds. The molecule has 20 heavy (non-hydrogen) atoms. The Bertz CT molecular complexity index is 849. The minimum atomic E-state index is 0.208. The SMILES string of the molecule is CCC1(n2c(=S)[nH]c3cnc4ccccc4c32)CCC1. The maximum atomic E-state index is 5.61. The summed E-state index contributed by atoms with van der Waals surface area (Å²) < 4.78 is 3.20. The van der Waals surface area contributed by atoms with Crippen LogP contribution in [0.5, 0.6) is 0 Å². The third-order valence-corrected chi connectivity index (χ3v) is 5.12. The third-order valence-electron chi connectivity index (χ3n) is 4.83. The third kappa shape index (κ3) is 1.45. The molecule has 1 N–H and O–H groups in total. The van der Waals surface area contributed by atoms with Crippen molar-refractivity contribution in [3.63, 3.8) is 0 Å². The van der Waals surface area contributed by atoms with Gasteiger partial charge in [0, 0.05) is 10.9 Å². The smallest absolute Gasteiger partial charge is 0.178 e. The van der Waals surface area contributed by atoms with Crippen molar-refractivity contribution < 1.29 is 0 Å². The number of nitrogens with zero attached hydrogens (tertiary/aromatic N) is 2. The average Bonchev–Trinajstić information content (AvgIpc) is 2.76.